The molecule has 0 spiro atoms. The molecule has 0 fully saturated rings. The van der Waals surface area contributed by atoms with Crippen LogP contribution < -0.4 is 0 Å². The molecule has 13 heavy (non-hydrogen) atoms. The van der Waals surface area contributed by atoms with Crippen molar-refractivity contribution in [3.63, 3.8) is 0 Å². The molecule has 1 aliphatic rings. The molecule has 3 rings (SSSR count). The maximum Gasteiger partial charge on any atom is 0.0171 e. The summed E-state index contributed by atoms with van der Waals surface area (Å²) in [6.45, 7) is 2.19. The van der Waals surface area contributed by atoms with E-state index in [-0.39, 0.29) is 0 Å². The van der Waals surface area contributed by atoms with E-state index in [2.05, 4.69) is 37.3 Å². The molecule has 1 heteroatoms. The number of aryl methyl sites for hydroxylation is 1. The van der Waals surface area contributed by atoms with E-state index in [1.165, 1.54) is 21.6 Å². The second-order valence-electron chi connectivity index (χ2n) is 3.53. The lowest BCUT2D eigenvalue weighted by Gasteiger charge is -1.96. The van der Waals surface area contributed by atoms with E-state index in [9.17, 15) is 0 Å². The van der Waals surface area contributed by atoms with E-state index in [0.717, 1.165) is 6.42 Å². The van der Waals surface area contributed by atoms with Gasteiger partial charge in [-0.1, -0.05) is 24.3 Å². The Morgan fingerprint density at radius 1 is 1.15 bits per heavy atom. The molecule has 0 bridgehead atoms. The van der Waals surface area contributed by atoms with Crippen molar-refractivity contribution in [2.75, 3.05) is 0 Å². The van der Waals surface area contributed by atoms with Gasteiger partial charge < -0.3 is 0 Å². The highest BCUT2D eigenvalue weighted by Gasteiger charge is 2.19. The summed E-state index contributed by atoms with van der Waals surface area (Å²) in [5.41, 5.74) is 4.41. The minimum Gasteiger partial charge on any atom is -0.145 e. The molecule has 0 saturated carbocycles. The summed E-state index contributed by atoms with van der Waals surface area (Å²) in [7, 11) is 0. The van der Waals surface area contributed by atoms with Gasteiger partial charge in [0.25, 0.3) is 0 Å². The molecular weight excluding hydrogens is 176 g/mol. The third-order valence-corrected chi connectivity index (χ3v) is 3.64. The summed E-state index contributed by atoms with van der Waals surface area (Å²) in [4.78, 5) is 2.97. The lowest BCUT2D eigenvalue weighted by atomic mass is 10.1. The summed E-state index contributed by atoms with van der Waals surface area (Å²) in [5, 5.41) is 0. The SMILES string of the molecule is Cc1cc2c(s1)Cc1ccccc1-2. The number of benzene rings is 1. The molecule has 0 nitrogen and oxygen atoms in total. The first-order chi connectivity index (χ1) is 6.34. The molecule has 0 unspecified atom stereocenters. The average Bonchev–Trinajstić information content (AvgIpc) is 2.60. The molecule has 0 amide bonds. The molecule has 2 aromatic rings. The van der Waals surface area contributed by atoms with Crippen molar-refractivity contribution in [3.8, 4) is 11.1 Å². The Hall–Kier alpha value is -1.08. The first kappa shape index (κ1) is 7.34. The molecule has 1 aliphatic carbocycles. The van der Waals surface area contributed by atoms with Gasteiger partial charge in [0.05, 0.1) is 0 Å². The number of hydrogen-bond donors (Lipinski definition) is 0. The molecule has 0 saturated heterocycles. The molecule has 1 aromatic carbocycles. The Morgan fingerprint density at radius 2 is 2.00 bits per heavy atom. The predicted molar refractivity (Wildman–Crippen MR) is 57.3 cm³/mol. The molecule has 1 aromatic heterocycles. The maximum atomic E-state index is 2.31. The fraction of sp³-hybridized carbons (Fsp3) is 0.167. The highest BCUT2D eigenvalue weighted by atomic mass is 32.1. The summed E-state index contributed by atoms with van der Waals surface area (Å²) in [6.07, 6.45) is 1.14. The van der Waals surface area contributed by atoms with Gasteiger partial charge in [-0.15, -0.1) is 11.3 Å². The summed E-state index contributed by atoms with van der Waals surface area (Å²) in [5.74, 6) is 0. The highest BCUT2D eigenvalue weighted by molar-refractivity contribution is 7.12. The van der Waals surface area contributed by atoms with Crippen LogP contribution in [0.15, 0.2) is 30.3 Å². The van der Waals surface area contributed by atoms with E-state index < -0.39 is 0 Å². The Morgan fingerprint density at radius 3 is 2.92 bits per heavy atom. The Bertz CT molecular complexity index is 466. The van der Waals surface area contributed by atoms with Crippen LogP contribution in [0, 0.1) is 6.92 Å². The molecule has 0 aliphatic heterocycles. The van der Waals surface area contributed by atoms with Gasteiger partial charge in [-0.2, -0.15) is 0 Å². The van der Waals surface area contributed by atoms with E-state index >= 15 is 0 Å². The summed E-state index contributed by atoms with van der Waals surface area (Å²) in [6, 6.07) is 11.0. The zero-order chi connectivity index (χ0) is 8.84. The van der Waals surface area contributed by atoms with Crippen LogP contribution >= 0.6 is 11.3 Å². The van der Waals surface area contributed by atoms with Crippen LogP contribution in [0.4, 0.5) is 0 Å². The van der Waals surface area contributed by atoms with Crippen molar-refractivity contribution < 1.29 is 0 Å². The minimum absolute atomic E-state index is 1.14. The van der Waals surface area contributed by atoms with Gasteiger partial charge in [0, 0.05) is 16.2 Å². The monoisotopic (exact) mass is 186 g/mol. The second-order valence-corrected chi connectivity index (χ2v) is 4.87. The van der Waals surface area contributed by atoms with E-state index in [4.69, 9.17) is 0 Å². The lowest BCUT2D eigenvalue weighted by Crippen LogP contribution is -1.77. The maximum absolute atomic E-state index is 2.31. The Balaban J connectivity index is 2.30. The number of thiophene rings is 1. The number of fused-ring (bicyclic) bond motifs is 3. The van der Waals surface area contributed by atoms with Crippen LogP contribution in [0.5, 0.6) is 0 Å². The topological polar surface area (TPSA) is 0 Å². The van der Waals surface area contributed by atoms with Gasteiger partial charge in [0.1, 0.15) is 0 Å². The quantitative estimate of drug-likeness (QED) is 0.503. The smallest absolute Gasteiger partial charge is 0.0171 e. The van der Waals surface area contributed by atoms with Crippen molar-refractivity contribution in [1.29, 1.82) is 0 Å². The van der Waals surface area contributed by atoms with Crippen LogP contribution in [0.3, 0.4) is 0 Å². The number of hydrogen-bond acceptors (Lipinski definition) is 1. The van der Waals surface area contributed by atoms with Crippen molar-refractivity contribution in [2.24, 2.45) is 0 Å². The fourth-order valence-electron chi connectivity index (χ4n) is 2.03. The second kappa shape index (κ2) is 2.46. The molecular formula is C12H10S. The van der Waals surface area contributed by atoms with Gasteiger partial charge in [-0.25, -0.2) is 0 Å². The van der Waals surface area contributed by atoms with E-state index in [1.807, 2.05) is 11.3 Å². The van der Waals surface area contributed by atoms with Gasteiger partial charge in [-0.3, -0.25) is 0 Å². The van der Waals surface area contributed by atoms with Crippen molar-refractivity contribution in [3.05, 3.63) is 45.6 Å². The minimum atomic E-state index is 1.14. The Labute approximate surface area is 81.9 Å². The fourth-order valence-corrected chi connectivity index (χ4v) is 3.10. The van der Waals surface area contributed by atoms with Gasteiger partial charge in [-0.05, 0) is 29.7 Å². The van der Waals surface area contributed by atoms with Gasteiger partial charge >= 0.3 is 0 Å². The van der Waals surface area contributed by atoms with Gasteiger partial charge in [0.15, 0.2) is 0 Å². The normalized spacial score (nSPS) is 12.7. The third-order valence-electron chi connectivity index (χ3n) is 2.59. The average molecular weight is 186 g/mol. The first-order valence-corrected chi connectivity index (χ1v) is 5.34. The highest BCUT2D eigenvalue weighted by Crippen LogP contribution is 2.40. The van der Waals surface area contributed by atoms with Crippen LogP contribution in [-0.4, -0.2) is 0 Å². The largest absolute Gasteiger partial charge is 0.145 e. The zero-order valence-electron chi connectivity index (χ0n) is 7.50. The Kier molecular flexibility index (Phi) is 1.39. The summed E-state index contributed by atoms with van der Waals surface area (Å²) < 4.78 is 0. The van der Waals surface area contributed by atoms with Crippen molar-refractivity contribution in [1.82, 2.24) is 0 Å². The van der Waals surface area contributed by atoms with Crippen molar-refractivity contribution >= 4 is 11.3 Å². The standard InChI is InChI=1S/C12H10S/c1-8-6-11-10-5-3-2-4-9(10)7-12(11)13-8/h2-6H,7H2,1H3. The van der Waals surface area contributed by atoms with Crippen LogP contribution in [0.1, 0.15) is 15.3 Å². The van der Waals surface area contributed by atoms with Gasteiger partial charge in [0.2, 0.25) is 0 Å². The van der Waals surface area contributed by atoms with Crippen LogP contribution in [0.25, 0.3) is 11.1 Å². The molecule has 64 valence electrons. The number of rotatable bonds is 0. The first-order valence-electron chi connectivity index (χ1n) is 4.52. The van der Waals surface area contributed by atoms with Crippen LogP contribution in [-0.2, 0) is 6.42 Å². The molecule has 0 radical (unpaired) electrons. The van der Waals surface area contributed by atoms with E-state index in [0.29, 0.717) is 0 Å². The van der Waals surface area contributed by atoms with E-state index in [1.54, 1.807) is 4.88 Å². The predicted octanol–water partition coefficient (Wildman–Crippen LogP) is 3.63. The zero-order valence-corrected chi connectivity index (χ0v) is 8.32. The summed E-state index contributed by atoms with van der Waals surface area (Å²) >= 11 is 1.93. The molecule has 0 atom stereocenters. The van der Waals surface area contributed by atoms with Crippen molar-refractivity contribution in [2.45, 2.75) is 13.3 Å². The third kappa shape index (κ3) is 0.971. The lowest BCUT2D eigenvalue weighted by molar-refractivity contribution is 1.31. The van der Waals surface area contributed by atoms with Crippen LogP contribution in [0.2, 0.25) is 0 Å². The molecule has 1 heterocycles. The molecule has 0 N–H and O–H groups in total.